The summed E-state index contributed by atoms with van der Waals surface area (Å²) in [6.07, 6.45) is 1.57. The standard InChI is InChI=1S/C19H20N2O4S2/c1-12-19(26-14-9-7-13(25-2)8-10-14)18-15(20-27(3)24)5-4-6-16(18)21(12)11-17(22)23/h4-10,20H,11H2,1-3H3,(H,22,23). The van der Waals surface area contributed by atoms with Crippen LogP contribution in [0.4, 0.5) is 5.69 Å². The minimum atomic E-state index is -1.24. The number of aliphatic carboxylic acids is 1. The zero-order chi connectivity index (χ0) is 19.6. The van der Waals surface area contributed by atoms with Crippen LogP contribution in [-0.4, -0.2) is 33.2 Å². The molecule has 0 saturated carbocycles. The Morgan fingerprint density at radius 2 is 1.96 bits per heavy atom. The van der Waals surface area contributed by atoms with Crippen molar-refractivity contribution in [1.29, 1.82) is 0 Å². The highest BCUT2D eigenvalue weighted by Gasteiger charge is 2.20. The number of hydrogen-bond donors (Lipinski definition) is 2. The maximum atomic E-state index is 11.7. The van der Waals surface area contributed by atoms with Crippen molar-refractivity contribution in [3.8, 4) is 5.75 Å². The van der Waals surface area contributed by atoms with Crippen LogP contribution in [0.1, 0.15) is 5.69 Å². The SMILES string of the molecule is COc1ccc(Sc2c(C)n(CC(=O)O)c3cccc(NS(C)=O)c23)cc1. The minimum Gasteiger partial charge on any atom is -0.497 e. The van der Waals surface area contributed by atoms with E-state index in [2.05, 4.69) is 4.72 Å². The summed E-state index contributed by atoms with van der Waals surface area (Å²) in [5.74, 6) is -0.137. The Morgan fingerprint density at radius 1 is 1.26 bits per heavy atom. The number of nitrogens with one attached hydrogen (secondary N) is 1. The van der Waals surface area contributed by atoms with E-state index in [4.69, 9.17) is 4.74 Å². The summed E-state index contributed by atoms with van der Waals surface area (Å²) < 4.78 is 21.7. The quantitative estimate of drug-likeness (QED) is 0.624. The second-order valence-corrected chi connectivity index (χ2v) is 8.12. The fourth-order valence-corrected chi connectivity index (χ4v) is 4.52. The van der Waals surface area contributed by atoms with Crippen LogP contribution >= 0.6 is 11.8 Å². The highest BCUT2D eigenvalue weighted by molar-refractivity contribution is 7.99. The zero-order valence-corrected chi connectivity index (χ0v) is 16.8. The van der Waals surface area contributed by atoms with Crippen LogP contribution in [0.5, 0.6) is 5.75 Å². The first-order chi connectivity index (χ1) is 12.9. The third kappa shape index (κ3) is 4.12. The second kappa shape index (κ2) is 8.06. The molecule has 1 aromatic heterocycles. The third-order valence-corrected chi connectivity index (χ3v) is 5.84. The molecule has 0 aliphatic rings. The van der Waals surface area contributed by atoms with Crippen molar-refractivity contribution in [2.45, 2.75) is 23.3 Å². The first-order valence-corrected chi connectivity index (χ1v) is 10.5. The van der Waals surface area contributed by atoms with Gasteiger partial charge in [-0.1, -0.05) is 17.8 Å². The summed E-state index contributed by atoms with van der Waals surface area (Å²) in [7, 11) is 0.379. The van der Waals surface area contributed by atoms with Gasteiger partial charge in [0.05, 0.1) is 18.3 Å². The van der Waals surface area contributed by atoms with E-state index in [-0.39, 0.29) is 6.54 Å². The van der Waals surface area contributed by atoms with Crippen LogP contribution in [0.25, 0.3) is 10.9 Å². The molecule has 6 nitrogen and oxygen atoms in total. The van der Waals surface area contributed by atoms with Gasteiger partial charge in [-0.15, -0.1) is 0 Å². The molecule has 142 valence electrons. The fraction of sp³-hybridized carbons (Fsp3) is 0.211. The summed E-state index contributed by atoms with van der Waals surface area (Å²) >= 11 is 1.54. The predicted octanol–water partition coefficient (Wildman–Crippen LogP) is 3.90. The average molecular weight is 405 g/mol. The van der Waals surface area contributed by atoms with Crippen LogP contribution in [0.15, 0.2) is 52.3 Å². The number of fused-ring (bicyclic) bond motifs is 1. The lowest BCUT2D eigenvalue weighted by Gasteiger charge is -2.08. The van der Waals surface area contributed by atoms with Crippen molar-refractivity contribution in [1.82, 2.24) is 4.57 Å². The van der Waals surface area contributed by atoms with E-state index in [1.165, 1.54) is 0 Å². The monoisotopic (exact) mass is 404 g/mol. The molecule has 1 heterocycles. The summed E-state index contributed by atoms with van der Waals surface area (Å²) in [5, 5.41) is 10.2. The Kier molecular flexibility index (Phi) is 5.76. The number of anilines is 1. The van der Waals surface area contributed by atoms with E-state index in [9.17, 15) is 14.1 Å². The van der Waals surface area contributed by atoms with Gasteiger partial charge in [-0.25, -0.2) is 4.21 Å². The molecule has 2 N–H and O–H groups in total. The number of hydrogen-bond acceptors (Lipinski definition) is 4. The first kappa shape index (κ1) is 19.3. The van der Waals surface area contributed by atoms with Gasteiger partial charge >= 0.3 is 5.97 Å². The molecule has 8 heteroatoms. The molecular formula is C19H20N2O4S2. The van der Waals surface area contributed by atoms with Crippen LogP contribution in [0, 0.1) is 6.92 Å². The van der Waals surface area contributed by atoms with Crippen LogP contribution in [-0.2, 0) is 22.3 Å². The Balaban J connectivity index is 2.17. The van der Waals surface area contributed by atoms with Gasteiger partial charge in [0.15, 0.2) is 0 Å². The maximum Gasteiger partial charge on any atom is 0.323 e. The summed E-state index contributed by atoms with van der Waals surface area (Å²) in [5.41, 5.74) is 2.36. The molecule has 27 heavy (non-hydrogen) atoms. The lowest BCUT2D eigenvalue weighted by molar-refractivity contribution is -0.137. The number of carboxylic acids is 1. The first-order valence-electron chi connectivity index (χ1n) is 8.16. The number of benzene rings is 2. The van der Waals surface area contributed by atoms with Crippen molar-refractivity contribution in [3.63, 3.8) is 0 Å². The molecule has 0 radical (unpaired) electrons. The lowest BCUT2D eigenvalue weighted by Crippen LogP contribution is -2.09. The Labute approximate surface area is 164 Å². The summed E-state index contributed by atoms with van der Waals surface area (Å²) in [4.78, 5) is 13.3. The molecule has 0 aliphatic carbocycles. The highest BCUT2D eigenvalue weighted by Crippen LogP contribution is 2.42. The van der Waals surface area contributed by atoms with E-state index in [0.717, 1.165) is 37.8 Å². The molecule has 0 aliphatic heterocycles. The molecule has 0 fully saturated rings. The van der Waals surface area contributed by atoms with Gasteiger partial charge < -0.3 is 19.1 Å². The topological polar surface area (TPSA) is 80.6 Å². The van der Waals surface area contributed by atoms with Crippen molar-refractivity contribution in [2.75, 3.05) is 18.1 Å². The van der Waals surface area contributed by atoms with Crippen LogP contribution in [0.3, 0.4) is 0 Å². The molecule has 1 atom stereocenters. The molecule has 2 aromatic carbocycles. The Morgan fingerprint density at radius 3 is 2.56 bits per heavy atom. The number of ether oxygens (including phenoxy) is 1. The van der Waals surface area contributed by atoms with Gasteiger partial charge in [0.2, 0.25) is 0 Å². The van der Waals surface area contributed by atoms with Crippen molar-refractivity contribution < 1.29 is 18.8 Å². The summed E-state index contributed by atoms with van der Waals surface area (Å²) in [6.45, 7) is 1.77. The molecule has 0 spiro atoms. The Hall–Kier alpha value is -2.45. The Bertz CT molecular complexity index is 1010. The van der Waals surface area contributed by atoms with Gasteiger partial charge in [-0.05, 0) is 43.3 Å². The van der Waals surface area contributed by atoms with Crippen molar-refractivity contribution in [2.24, 2.45) is 0 Å². The van der Waals surface area contributed by atoms with Crippen molar-refractivity contribution >= 4 is 45.3 Å². The van der Waals surface area contributed by atoms with Gasteiger partial charge in [0, 0.05) is 27.1 Å². The summed E-state index contributed by atoms with van der Waals surface area (Å²) in [6, 6.07) is 13.2. The number of nitrogens with zero attached hydrogens (tertiary/aromatic N) is 1. The van der Waals surface area contributed by atoms with E-state index >= 15 is 0 Å². The zero-order valence-electron chi connectivity index (χ0n) is 15.2. The second-order valence-electron chi connectivity index (χ2n) is 5.93. The number of carboxylic acid groups (broad SMARTS) is 1. The number of methoxy groups -OCH3 is 1. The van der Waals surface area contributed by atoms with E-state index in [0.29, 0.717) is 0 Å². The average Bonchev–Trinajstić information content (AvgIpc) is 2.88. The highest BCUT2D eigenvalue weighted by atomic mass is 32.2. The van der Waals surface area contributed by atoms with Gasteiger partial charge in [-0.2, -0.15) is 0 Å². The number of aromatic nitrogens is 1. The number of carbonyl (C=O) groups is 1. The number of rotatable bonds is 7. The molecule has 1 unspecified atom stereocenters. The van der Waals surface area contributed by atoms with Gasteiger partial charge in [0.25, 0.3) is 0 Å². The molecule has 3 aromatic rings. The third-order valence-electron chi connectivity index (χ3n) is 4.12. The van der Waals surface area contributed by atoms with Crippen LogP contribution < -0.4 is 9.46 Å². The van der Waals surface area contributed by atoms with E-state index in [1.54, 1.807) is 29.7 Å². The fourth-order valence-electron chi connectivity index (χ4n) is 2.95. The molecule has 0 amide bonds. The lowest BCUT2D eigenvalue weighted by atomic mass is 10.2. The van der Waals surface area contributed by atoms with E-state index < -0.39 is 17.0 Å². The normalized spacial score (nSPS) is 12.1. The largest absolute Gasteiger partial charge is 0.497 e. The molecule has 0 bridgehead atoms. The van der Waals surface area contributed by atoms with E-state index in [1.807, 2.05) is 49.4 Å². The predicted molar refractivity (Wildman–Crippen MR) is 109 cm³/mol. The van der Waals surface area contributed by atoms with Gasteiger partial charge in [-0.3, -0.25) is 4.79 Å². The minimum absolute atomic E-state index is 0.135. The molecule has 3 rings (SSSR count). The maximum absolute atomic E-state index is 11.7. The molecule has 0 saturated heterocycles. The van der Waals surface area contributed by atoms with Crippen molar-refractivity contribution in [3.05, 3.63) is 48.2 Å². The van der Waals surface area contributed by atoms with Crippen LogP contribution in [0.2, 0.25) is 0 Å². The van der Waals surface area contributed by atoms with Gasteiger partial charge in [0.1, 0.15) is 23.3 Å². The smallest absolute Gasteiger partial charge is 0.323 e. The molecular weight excluding hydrogens is 384 g/mol.